The van der Waals surface area contributed by atoms with Gasteiger partial charge in [-0.25, -0.2) is 0 Å². The molecule has 0 fully saturated rings. The second kappa shape index (κ2) is 14.1. The molecular weight excluding hydrogens is 524 g/mol. The molecule has 0 rings (SSSR count). The van der Waals surface area contributed by atoms with Crippen molar-refractivity contribution in [3.05, 3.63) is 0 Å². The number of aliphatic hydroxyl groups excluding tert-OH is 1. The van der Waals surface area contributed by atoms with Gasteiger partial charge in [-0.3, -0.25) is 0 Å². The van der Waals surface area contributed by atoms with E-state index in [0.717, 1.165) is 0 Å². The van der Waals surface area contributed by atoms with E-state index in [2.05, 4.69) is 4.31 Å². The van der Waals surface area contributed by atoms with Gasteiger partial charge in [-0.15, -0.1) is 11.6 Å². The summed E-state index contributed by atoms with van der Waals surface area (Å²) in [6, 6.07) is 0. The number of halogens is 1. The molecule has 0 saturated carbocycles. The fourth-order valence-electron chi connectivity index (χ4n) is 0.122. The summed E-state index contributed by atoms with van der Waals surface area (Å²) in [7, 11) is -11.4. The Morgan fingerprint density at radius 3 is 1.27 bits per heavy atom. The van der Waals surface area contributed by atoms with Crippen molar-refractivity contribution >= 4 is 125 Å². The van der Waals surface area contributed by atoms with Crippen molar-refractivity contribution in [2.75, 3.05) is 12.5 Å². The van der Waals surface area contributed by atoms with Crippen LogP contribution in [-0.4, -0.2) is 115 Å². The monoisotopic (exact) mass is 530 g/mol. The van der Waals surface area contributed by atoms with Gasteiger partial charge in [0, 0.05) is 5.88 Å². The van der Waals surface area contributed by atoms with Crippen molar-refractivity contribution in [2.24, 2.45) is 0 Å². The fraction of sp³-hybridized carbons (Fsp3) is 1.00. The molecule has 0 radical (unpaired) electrons. The third kappa shape index (κ3) is 38.1. The summed E-state index contributed by atoms with van der Waals surface area (Å²) in [5, 5.41) is 7.74. The first-order valence-electron chi connectivity index (χ1n) is 2.54. The summed E-state index contributed by atoms with van der Waals surface area (Å²) >= 11 is 4.94. The van der Waals surface area contributed by atoms with Crippen molar-refractivity contribution < 1.29 is 38.1 Å². The number of hydrogen-bond acceptors (Lipinski definition) is 8. The molecule has 15 heavy (non-hydrogen) atoms. The predicted molar refractivity (Wildman–Crippen MR) is 45.6 cm³/mol. The van der Waals surface area contributed by atoms with Crippen molar-refractivity contribution in [1.29, 1.82) is 0 Å². The molecule has 0 aromatic carbocycles. The molecule has 0 amide bonds. The largest absolute Gasteiger partial charge is 2.00 e. The topological polar surface area (TPSA) is 156 Å². The zero-order valence-electron chi connectivity index (χ0n) is 7.41. The van der Waals surface area contributed by atoms with Gasteiger partial charge in [-0.05, 0) is 0 Å². The molecule has 0 aromatic rings. The van der Waals surface area contributed by atoms with Crippen molar-refractivity contribution in [2.45, 2.75) is 0 Å². The maximum atomic E-state index is 9.32. The molecule has 0 unspecified atom stereocenters. The maximum Gasteiger partial charge on any atom is 2.00 e. The van der Waals surface area contributed by atoms with Gasteiger partial charge in [-0.2, -0.15) is 0 Å². The minimum absolute atomic E-state index is 0. The van der Waals surface area contributed by atoms with E-state index in [9.17, 15) is 28.7 Å². The average Bonchev–Trinajstić information content (AvgIpc) is 1.80. The first kappa shape index (κ1) is 27.1. The van der Waals surface area contributed by atoms with Crippen molar-refractivity contribution in [3.63, 3.8) is 0 Å². The molecule has 0 saturated heterocycles. The summed E-state index contributed by atoms with van der Waals surface area (Å²) in [5.41, 5.74) is 0. The number of aliphatic hydroxyl groups is 1. The molecule has 8 nitrogen and oxygen atoms in total. The van der Waals surface area contributed by atoms with Gasteiger partial charge in [0.05, 0.1) is 22.3 Å². The third-order valence-corrected chi connectivity index (χ3v) is 2.05. The molecule has 13 heteroatoms. The van der Waals surface area contributed by atoms with Gasteiger partial charge in [0.2, 0.25) is 0 Å². The number of phosphoric acid groups is 2. The van der Waals surface area contributed by atoms with Gasteiger partial charge in [0.1, 0.15) is 0 Å². The number of rotatable bonds is 3. The molecule has 0 bridgehead atoms. The van der Waals surface area contributed by atoms with Gasteiger partial charge < -0.3 is 38.1 Å². The van der Waals surface area contributed by atoms with Crippen molar-refractivity contribution in [3.8, 4) is 0 Å². The molecule has 0 spiro atoms. The minimum atomic E-state index is -5.68. The molecule has 0 aromatic heterocycles. The van der Waals surface area contributed by atoms with E-state index < -0.39 is 15.6 Å². The van der Waals surface area contributed by atoms with Gasteiger partial charge >= 0.3 is 97.8 Å². The van der Waals surface area contributed by atoms with Crippen molar-refractivity contribution in [1.82, 2.24) is 0 Å². The summed E-state index contributed by atoms with van der Waals surface area (Å²) in [6.45, 7) is 0.0849. The van der Waals surface area contributed by atoms with Crippen LogP contribution in [0.1, 0.15) is 0 Å². The Labute approximate surface area is 172 Å². The minimum Gasteiger partial charge on any atom is -0.790 e. The second-order valence-electron chi connectivity index (χ2n) is 1.39. The normalized spacial score (nSPS) is 10.3. The van der Waals surface area contributed by atoms with Crippen LogP contribution >= 0.6 is 27.2 Å². The Morgan fingerprint density at radius 2 is 1.27 bits per heavy atom. The van der Waals surface area contributed by atoms with Crippen LogP contribution in [0.2, 0.25) is 0 Å². The van der Waals surface area contributed by atoms with E-state index in [1.807, 2.05) is 0 Å². The van der Waals surface area contributed by atoms with Crippen LogP contribution in [0.5, 0.6) is 0 Å². The Bertz CT molecular complexity index is 191. The van der Waals surface area contributed by atoms with E-state index in [1.165, 1.54) is 0 Å². The third-order valence-electron chi connectivity index (χ3n) is 0.285. The average molecular weight is 529 g/mol. The summed E-state index contributed by atoms with van der Waals surface area (Å²) in [6.07, 6.45) is 0. The molecule has 0 heterocycles. The number of hydrogen-bond donors (Lipinski definition) is 1. The first-order valence-corrected chi connectivity index (χ1v) is 6.00. The van der Waals surface area contributed by atoms with Crippen LogP contribution < -0.4 is 19.6 Å². The van der Waals surface area contributed by atoms with E-state index >= 15 is 0 Å². The summed E-state index contributed by atoms with van der Waals surface area (Å²) in [4.78, 5) is 37.3. The van der Waals surface area contributed by atoms with E-state index in [4.69, 9.17) is 16.7 Å². The zero-order valence-corrected chi connectivity index (χ0v) is 18.8. The second-order valence-corrected chi connectivity index (χ2v) is 4.21. The molecule has 1 N–H and O–H groups in total. The Kier molecular flexibility index (Phi) is 25.4. The molecule has 0 aliphatic rings. The quantitative estimate of drug-likeness (QED) is 0.221. The Hall–Kier alpha value is 3.65. The van der Waals surface area contributed by atoms with Crippen LogP contribution in [0, 0.1) is 0 Å². The summed E-state index contributed by atoms with van der Waals surface area (Å²) in [5.74, 6) is 0.347. The van der Waals surface area contributed by atoms with E-state index in [0.29, 0.717) is 5.88 Å². The summed E-state index contributed by atoms with van der Waals surface area (Å²) < 4.78 is 21.2. The zero-order chi connectivity index (χ0) is 11.1. The van der Waals surface area contributed by atoms with Crippen LogP contribution in [0.25, 0.3) is 0 Å². The van der Waals surface area contributed by atoms with Crippen LogP contribution in [-0.2, 0) is 13.4 Å². The smallest absolute Gasteiger partial charge is 0.790 e. The molecule has 0 aliphatic heterocycles. The predicted octanol–water partition coefficient (Wildman–Crippen LogP) is -3.88. The molecule has 0 aliphatic carbocycles. The Balaban J connectivity index is -0.0000000883. The van der Waals surface area contributed by atoms with Gasteiger partial charge in [0.25, 0.3) is 0 Å². The van der Waals surface area contributed by atoms with E-state index in [1.54, 1.807) is 0 Å². The van der Waals surface area contributed by atoms with Crippen LogP contribution in [0.15, 0.2) is 0 Å². The fourth-order valence-corrected chi connectivity index (χ4v) is 1.10. The SMILES string of the molecule is O=P([O-])([O-])OP(=O)([O-])[O-].OCCCl.[Ba+2].[Ba+2]. The maximum absolute atomic E-state index is 9.32. The molecule has 0 atom stereocenters. The Morgan fingerprint density at radius 1 is 1.07 bits per heavy atom. The standard InChI is InChI=1S/C2H5ClO.2Ba.H4O7P2/c3-1-2-4;;;1-8(2,3)7-9(4,5)6/h4H,1-2H2;;;(H2,1,2,3)(H2,4,5,6)/q;2*+2;/p-4. The van der Waals surface area contributed by atoms with E-state index in [-0.39, 0.29) is 104 Å². The van der Waals surface area contributed by atoms with Crippen LogP contribution in [0.3, 0.4) is 0 Å². The van der Waals surface area contributed by atoms with Gasteiger partial charge in [-0.1, -0.05) is 0 Å². The van der Waals surface area contributed by atoms with Gasteiger partial charge in [0.15, 0.2) is 0 Å². The first-order chi connectivity index (χ1) is 5.62. The van der Waals surface area contributed by atoms with Crippen LogP contribution in [0.4, 0.5) is 0 Å². The number of alkyl halides is 1. The molecule has 82 valence electrons. The molecular formula is C2H5Ba2ClO8P2.